The molecule has 0 spiro atoms. The predicted octanol–water partition coefficient (Wildman–Crippen LogP) is 4.22. The zero-order valence-corrected chi connectivity index (χ0v) is 15.6. The van der Waals surface area contributed by atoms with Gasteiger partial charge in [-0.2, -0.15) is 0 Å². The second-order valence-corrected chi connectivity index (χ2v) is 6.35. The molecule has 3 rings (SSSR count). The highest BCUT2D eigenvalue weighted by atomic mass is 35.5. The predicted molar refractivity (Wildman–Crippen MR) is 105 cm³/mol. The van der Waals surface area contributed by atoms with E-state index >= 15 is 0 Å². The Morgan fingerprint density at radius 1 is 1.14 bits per heavy atom. The first-order valence-electron chi connectivity index (χ1n) is 8.29. The number of nitrogens with one attached hydrogen (secondary N) is 2. The fourth-order valence-electron chi connectivity index (χ4n) is 2.42. The summed E-state index contributed by atoms with van der Waals surface area (Å²) in [5.74, 6) is -0.429. The molecular formula is C20H17ClN2O5. The van der Waals surface area contributed by atoms with Crippen molar-refractivity contribution in [2.75, 3.05) is 17.2 Å². The Labute approximate surface area is 165 Å². The third-order valence-corrected chi connectivity index (χ3v) is 4.01. The Morgan fingerprint density at radius 2 is 1.96 bits per heavy atom. The van der Waals surface area contributed by atoms with Crippen molar-refractivity contribution in [1.82, 2.24) is 0 Å². The summed E-state index contributed by atoms with van der Waals surface area (Å²) >= 11 is 5.89. The molecule has 0 bridgehead atoms. The fourth-order valence-corrected chi connectivity index (χ4v) is 2.65. The first-order valence-corrected chi connectivity index (χ1v) is 8.67. The molecule has 0 fully saturated rings. The Morgan fingerprint density at radius 3 is 2.64 bits per heavy atom. The van der Waals surface area contributed by atoms with E-state index in [1.54, 1.807) is 30.3 Å². The molecule has 0 aliphatic carbocycles. The molecule has 0 aliphatic rings. The average molecular weight is 401 g/mol. The monoisotopic (exact) mass is 400 g/mol. The van der Waals surface area contributed by atoms with Crippen molar-refractivity contribution >= 4 is 34.8 Å². The summed E-state index contributed by atoms with van der Waals surface area (Å²) in [6.07, 6.45) is 1.38. The highest BCUT2D eigenvalue weighted by Gasteiger charge is 2.12. The molecule has 28 heavy (non-hydrogen) atoms. The molecule has 2 aromatic carbocycles. The number of phenols is 1. The molecule has 2 amide bonds. The van der Waals surface area contributed by atoms with Gasteiger partial charge in [0, 0.05) is 16.8 Å². The number of anilines is 2. The molecule has 0 saturated carbocycles. The maximum absolute atomic E-state index is 12.1. The molecule has 8 heteroatoms. The van der Waals surface area contributed by atoms with E-state index in [0.29, 0.717) is 16.5 Å². The SMILES string of the molecule is Cc1cc(Cl)ccc1OCC(=O)Nc1ccc(NC(=O)c2ccco2)c(O)c1. The zero-order chi connectivity index (χ0) is 20.1. The molecule has 0 saturated heterocycles. The van der Waals surface area contributed by atoms with E-state index in [0.717, 1.165) is 5.56 Å². The standard InChI is InChI=1S/C20H17ClN2O5/c1-12-9-13(21)4-7-17(12)28-11-19(25)22-14-5-6-15(16(24)10-14)23-20(26)18-3-2-8-27-18/h2-10,24H,11H2,1H3,(H,22,25)(H,23,26). The summed E-state index contributed by atoms with van der Waals surface area (Å²) in [4.78, 5) is 24.0. The van der Waals surface area contributed by atoms with Crippen molar-refractivity contribution in [3.05, 3.63) is 71.1 Å². The number of aryl methyl sites for hydroxylation is 1. The van der Waals surface area contributed by atoms with Gasteiger partial charge in [0.15, 0.2) is 12.4 Å². The van der Waals surface area contributed by atoms with Crippen LogP contribution in [0.15, 0.2) is 59.2 Å². The van der Waals surface area contributed by atoms with E-state index in [4.69, 9.17) is 20.8 Å². The van der Waals surface area contributed by atoms with Crippen LogP contribution < -0.4 is 15.4 Å². The van der Waals surface area contributed by atoms with Crippen molar-refractivity contribution < 1.29 is 23.8 Å². The van der Waals surface area contributed by atoms with Gasteiger partial charge in [0.1, 0.15) is 11.5 Å². The van der Waals surface area contributed by atoms with Crippen molar-refractivity contribution in [2.24, 2.45) is 0 Å². The molecular weight excluding hydrogens is 384 g/mol. The minimum atomic E-state index is -0.496. The normalized spacial score (nSPS) is 10.4. The van der Waals surface area contributed by atoms with Gasteiger partial charge < -0.3 is 24.9 Å². The first kappa shape index (κ1) is 19.3. The van der Waals surface area contributed by atoms with Gasteiger partial charge in [-0.05, 0) is 55.0 Å². The number of aromatic hydroxyl groups is 1. The van der Waals surface area contributed by atoms with Gasteiger partial charge in [0.05, 0.1) is 12.0 Å². The van der Waals surface area contributed by atoms with Crippen LogP contribution in [-0.4, -0.2) is 23.5 Å². The third kappa shape index (κ3) is 4.83. The fraction of sp³-hybridized carbons (Fsp3) is 0.100. The van der Waals surface area contributed by atoms with E-state index < -0.39 is 11.8 Å². The van der Waals surface area contributed by atoms with Crippen molar-refractivity contribution in [2.45, 2.75) is 6.92 Å². The van der Waals surface area contributed by atoms with E-state index in [1.807, 2.05) is 6.92 Å². The Hall–Kier alpha value is -3.45. The van der Waals surface area contributed by atoms with Gasteiger partial charge in [0.25, 0.3) is 11.8 Å². The quantitative estimate of drug-likeness (QED) is 0.538. The second-order valence-electron chi connectivity index (χ2n) is 5.91. The van der Waals surface area contributed by atoms with Crippen LogP contribution in [0.1, 0.15) is 16.1 Å². The topological polar surface area (TPSA) is 101 Å². The van der Waals surface area contributed by atoms with Crippen LogP contribution in [0.4, 0.5) is 11.4 Å². The van der Waals surface area contributed by atoms with Gasteiger partial charge in [-0.3, -0.25) is 9.59 Å². The molecule has 3 N–H and O–H groups in total. The van der Waals surface area contributed by atoms with Gasteiger partial charge in [-0.1, -0.05) is 11.6 Å². The maximum Gasteiger partial charge on any atom is 0.291 e. The van der Waals surface area contributed by atoms with Crippen molar-refractivity contribution in [3.8, 4) is 11.5 Å². The summed E-state index contributed by atoms with van der Waals surface area (Å²) in [6, 6.07) is 12.5. The number of halogens is 1. The number of rotatable bonds is 6. The number of amides is 2. The third-order valence-electron chi connectivity index (χ3n) is 3.77. The molecule has 0 radical (unpaired) electrons. The van der Waals surface area contributed by atoms with Gasteiger partial charge in [-0.25, -0.2) is 0 Å². The lowest BCUT2D eigenvalue weighted by Gasteiger charge is -2.11. The lowest BCUT2D eigenvalue weighted by Crippen LogP contribution is -2.20. The van der Waals surface area contributed by atoms with Gasteiger partial charge >= 0.3 is 0 Å². The largest absolute Gasteiger partial charge is 0.506 e. The highest BCUT2D eigenvalue weighted by molar-refractivity contribution is 6.30. The molecule has 1 heterocycles. The number of ether oxygens (including phenoxy) is 1. The molecule has 0 aliphatic heterocycles. The van der Waals surface area contributed by atoms with E-state index in [1.165, 1.54) is 24.5 Å². The van der Waals surface area contributed by atoms with Gasteiger partial charge in [-0.15, -0.1) is 0 Å². The van der Waals surface area contributed by atoms with Crippen molar-refractivity contribution in [3.63, 3.8) is 0 Å². The number of phenolic OH excluding ortho intramolecular Hbond substituents is 1. The van der Waals surface area contributed by atoms with Crippen LogP contribution in [0.5, 0.6) is 11.5 Å². The number of carbonyl (C=O) groups excluding carboxylic acids is 2. The lowest BCUT2D eigenvalue weighted by atomic mass is 10.2. The molecule has 7 nitrogen and oxygen atoms in total. The molecule has 0 unspecified atom stereocenters. The molecule has 3 aromatic rings. The number of furan rings is 1. The van der Waals surface area contributed by atoms with Crippen LogP contribution in [0.25, 0.3) is 0 Å². The van der Waals surface area contributed by atoms with Crippen molar-refractivity contribution in [1.29, 1.82) is 0 Å². The molecule has 1 aromatic heterocycles. The number of carbonyl (C=O) groups is 2. The van der Waals surface area contributed by atoms with E-state index in [2.05, 4.69) is 10.6 Å². The van der Waals surface area contributed by atoms with Crippen LogP contribution >= 0.6 is 11.6 Å². The van der Waals surface area contributed by atoms with E-state index in [-0.39, 0.29) is 23.8 Å². The molecule has 144 valence electrons. The van der Waals surface area contributed by atoms with Crippen LogP contribution in [0.3, 0.4) is 0 Å². The average Bonchev–Trinajstić information content (AvgIpc) is 3.18. The van der Waals surface area contributed by atoms with Crippen LogP contribution in [-0.2, 0) is 4.79 Å². The zero-order valence-electron chi connectivity index (χ0n) is 14.9. The van der Waals surface area contributed by atoms with Crippen LogP contribution in [0, 0.1) is 6.92 Å². The first-order chi connectivity index (χ1) is 13.4. The Bertz CT molecular complexity index is 1000. The minimum Gasteiger partial charge on any atom is -0.506 e. The number of hydrogen-bond acceptors (Lipinski definition) is 5. The highest BCUT2D eigenvalue weighted by Crippen LogP contribution is 2.27. The summed E-state index contributed by atoms with van der Waals surface area (Å²) in [7, 11) is 0. The number of hydrogen-bond donors (Lipinski definition) is 3. The summed E-state index contributed by atoms with van der Waals surface area (Å²) in [6.45, 7) is 1.62. The Balaban J connectivity index is 1.57. The lowest BCUT2D eigenvalue weighted by molar-refractivity contribution is -0.118. The smallest absolute Gasteiger partial charge is 0.291 e. The minimum absolute atomic E-state index is 0.117. The van der Waals surface area contributed by atoms with Crippen LogP contribution in [0.2, 0.25) is 5.02 Å². The summed E-state index contributed by atoms with van der Waals surface area (Å²) in [5, 5.41) is 15.8. The molecule has 0 atom stereocenters. The summed E-state index contributed by atoms with van der Waals surface area (Å²) < 4.78 is 10.5. The second kappa shape index (κ2) is 8.49. The van der Waals surface area contributed by atoms with Gasteiger partial charge in [0.2, 0.25) is 0 Å². The maximum atomic E-state index is 12.1. The van der Waals surface area contributed by atoms with E-state index in [9.17, 15) is 14.7 Å². The number of benzene rings is 2. The Kier molecular flexibility index (Phi) is 5.86. The summed E-state index contributed by atoms with van der Waals surface area (Å²) in [5.41, 5.74) is 1.36.